The van der Waals surface area contributed by atoms with E-state index in [1.165, 1.54) is 6.42 Å². The second-order valence-corrected chi connectivity index (χ2v) is 8.25. The Morgan fingerprint density at radius 3 is 2.48 bits per heavy atom. The first-order chi connectivity index (χ1) is 14.0. The molecule has 5 heteroatoms. The van der Waals surface area contributed by atoms with E-state index in [-0.39, 0.29) is 23.3 Å². The Morgan fingerprint density at radius 2 is 1.86 bits per heavy atom. The third-order valence-electron chi connectivity index (χ3n) is 5.73. The highest BCUT2D eigenvalue weighted by atomic mass is 16.2. The van der Waals surface area contributed by atoms with Gasteiger partial charge in [0.2, 0.25) is 5.91 Å². The predicted molar refractivity (Wildman–Crippen MR) is 114 cm³/mol. The molecule has 2 aromatic rings. The Morgan fingerprint density at radius 1 is 1.17 bits per heavy atom. The zero-order valence-corrected chi connectivity index (χ0v) is 17.2. The summed E-state index contributed by atoms with van der Waals surface area (Å²) in [7, 11) is 0. The summed E-state index contributed by atoms with van der Waals surface area (Å²) in [6.45, 7) is 4.00. The molecule has 1 fully saturated rings. The van der Waals surface area contributed by atoms with Gasteiger partial charge < -0.3 is 10.3 Å². The van der Waals surface area contributed by atoms with Crippen LogP contribution in [-0.2, 0) is 11.2 Å². The molecule has 1 heterocycles. The lowest BCUT2D eigenvalue weighted by molar-refractivity contribution is -0.126. The monoisotopic (exact) mass is 391 g/mol. The number of aromatic nitrogens is 1. The maximum atomic E-state index is 12.4. The van der Waals surface area contributed by atoms with Crippen LogP contribution in [0.3, 0.4) is 0 Å². The quantitative estimate of drug-likeness (QED) is 0.770. The van der Waals surface area contributed by atoms with Crippen molar-refractivity contribution in [2.75, 3.05) is 0 Å². The predicted octanol–water partition coefficient (Wildman–Crippen LogP) is 4.30. The van der Waals surface area contributed by atoms with Crippen LogP contribution in [0.2, 0.25) is 0 Å². The fourth-order valence-corrected chi connectivity index (χ4v) is 3.95. The number of aromatic amines is 1. The summed E-state index contributed by atoms with van der Waals surface area (Å²) in [4.78, 5) is 27.2. The van der Waals surface area contributed by atoms with Crippen molar-refractivity contribution in [3.05, 3.63) is 58.0 Å². The molecule has 0 aliphatic heterocycles. The highest BCUT2D eigenvalue weighted by molar-refractivity contribution is 5.79. The Hall–Kier alpha value is -2.87. The lowest BCUT2D eigenvalue weighted by Gasteiger charge is -2.22. The number of pyridine rings is 1. The number of hydrogen-bond acceptors (Lipinski definition) is 3. The van der Waals surface area contributed by atoms with Crippen LogP contribution in [0.15, 0.2) is 41.3 Å². The van der Waals surface area contributed by atoms with E-state index in [4.69, 9.17) is 0 Å². The smallest absolute Gasteiger partial charge is 0.251 e. The zero-order valence-electron chi connectivity index (χ0n) is 17.2. The summed E-state index contributed by atoms with van der Waals surface area (Å²) in [5.41, 5.74) is 3.68. The number of rotatable bonds is 6. The second kappa shape index (κ2) is 9.56. The van der Waals surface area contributed by atoms with E-state index >= 15 is 0 Å². The van der Waals surface area contributed by atoms with Crippen LogP contribution in [0, 0.1) is 17.2 Å². The third-order valence-corrected chi connectivity index (χ3v) is 5.73. The molecule has 1 aromatic carbocycles. The van der Waals surface area contributed by atoms with Gasteiger partial charge in [-0.1, -0.05) is 57.4 Å². The average Bonchev–Trinajstić information content (AvgIpc) is 2.74. The maximum Gasteiger partial charge on any atom is 0.251 e. The molecule has 3 rings (SSSR count). The summed E-state index contributed by atoms with van der Waals surface area (Å²) in [5.74, 6) is 0.224. The molecule has 1 aliphatic carbocycles. The Labute approximate surface area is 172 Å². The van der Waals surface area contributed by atoms with Crippen molar-refractivity contribution >= 4 is 5.91 Å². The van der Waals surface area contributed by atoms with Gasteiger partial charge in [-0.05, 0) is 41.5 Å². The lowest BCUT2D eigenvalue weighted by atomic mass is 9.88. The van der Waals surface area contributed by atoms with Gasteiger partial charge in [-0.3, -0.25) is 9.59 Å². The topological polar surface area (TPSA) is 85.8 Å². The molecule has 1 saturated carbocycles. The molecule has 1 aromatic heterocycles. The Bertz CT molecular complexity index is 932. The van der Waals surface area contributed by atoms with Crippen LogP contribution >= 0.6 is 0 Å². The number of benzene rings is 1. The molecule has 1 atom stereocenters. The van der Waals surface area contributed by atoms with Crippen molar-refractivity contribution < 1.29 is 4.79 Å². The summed E-state index contributed by atoms with van der Waals surface area (Å²) in [6.07, 6.45) is 7.46. The summed E-state index contributed by atoms with van der Waals surface area (Å²) in [5, 5.41) is 12.4. The summed E-state index contributed by atoms with van der Waals surface area (Å²) < 4.78 is 0. The van der Waals surface area contributed by atoms with Crippen molar-refractivity contribution in [1.82, 2.24) is 10.3 Å². The fraction of sp³-hybridized carbons (Fsp3) is 0.458. The third kappa shape index (κ3) is 5.35. The number of nitriles is 1. The van der Waals surface area contributed by atoms with Crippen LogP contribution in [0.1, 0.15) is 63.0 Å². The molecule has 1 unspecified atom stereocenters. The summed E-state index contributed by atoms with van der Waals surface area (Å²) in [6, 6.07) is 11.6. The first-order valence-corrected chi connectivity index (χ1v) is 10.5. The Kier molecular flexibility index (Phi) is 6.87. The molecular formula is C24H29N3O2. The molecule has 0 radical (unpaired) electrons. The number of carbonyl (C=O) groups excluding carboxylic acids is 1. The van der Waals surface area contributed by atoms with Crippen LogP contribution in [-0.4, -0.2) is 16.9 Å². The van der Waals surface area contributed by atoms with Crippen molar-refractivity contribution in [2.45, 2.75) is 64.3 Å². The Balaban J connectivity index is 1.66. The molecule has 0 saturated heterocycles. The van der Waals surface area contributed by atoms with E-state index in [0.717, 1.165) is 47.9 Å². The van der Waals surface area contributed by atoms with Gasteiger partial charge in [-0.15, -0.1) is 0 Å². The van der Waals surface area contributed by atoms with Gasteiger partial charge in [-0.25, -0.2) is 0 Å². The van der Waals surface area contributed by atoms with E-state index in [2.05, 4.69) is 16.4 Å². The van der Waals surface area contributed by atoms with Crippen LogP contribution in [0.4, 0.5) is 0 Å². The van der Waals surface area contributed by atoms with Gasteiger partial charge in [0.15, 0.2) is 0 Å². The van der Waals surface area contributed by atoms with Crippen molar-refractivity contribution in [3.8, 4) is 17.2 Å². The molecule has 1 amide bonds. The molecular weight excluding hydrogens is 362 g/mol. The first-order valence-electron chi connectivity index (χ1n) is 10.5. The highest BCUT2D eigenvalue weighted by Gasteiger charge is 2.23. The number of hydrogen-bond donors (Lipinski definition) is 2. The van der Waals surface area contributed by atoms with Gasteiger partial charge in [0.25, 0.3) is 5.56 Å². The largest absolute Gasteiger partial charge is 0.340 e. The molecule has 1 aliphatic rings. The van der Waals surface area contributed by atoms with Crippen molar-refractivity contribution in [3.63, 3.8) is 0 Å². The number of amides is 1. The highest BCUT2D eigenvalue weighted by Crippen LogP contribution is 2.24. The summed E-state index contributed by atoms with van der Waals surface area (Å²) >= 11 is 0. The minimum Gasteiger partial charge on any atom is -0.340 e. The SMILES string of the molecule is CC(C)c1cc(-c2ccc(CC(C#N)NC(=O)C3CCCCC3)cc2)c[nH]c1=O. The van der Waals surface area contributed by atoms with Gasteiger partial charge >= 0.3 is 0 Å². The zero-order chi connectivity index (χ0) is 20.8. The van der Waals surface area contributed by atoms with E-state index in [1.807, 2.05) is 44.2 Å². The van der Waals surface area contributed by atoms with Gasteiger partial charge in [0.05, 0.1) is 6.07 Å². The molecule has 0 spiro atoms. The lowest BCUT2D eigenvalue weighted by Crippen LogP contribution is -2.40. The molecule has 152 valence electrons. The second-order valence-electron chi connectivity index (χ2n) is 8.25. The van der Waals surface area contributed by atoms with E-state index in [1.54, 1.807) is 6.20 Å². The van der Waals surface area contributed by atoms with Gasteiger partial charge in [0.1, 0.15) is 6.04 Å². The maximum absolute atomic E-state index is 12.4. The molecule has 29 heavy (non-hydrogen) atoms. The van der Waals surface area contributed by atoms with E-state index in [9.17, 15) is 14.9 Å². The standard InChI is InChI=1S/C24H29N3O2/c1-16(2)22-13-20(15-26-24(22)29)18-10-8-17(9-11-18)12-21(14-25)27-23(28)19-6-4-3-5-7-19/h8-11,13,15-16,19,21H,3-7,12H2,1-2H3,(H,26,29)(H,27,28). The van der Waals surface area contributed by atoms with Gasteiger partial charge in [0, 0.05) is 24.1 Å². The van der Waals surface area contributed by atoms with E-state index < -0.39 is 6.04 Å². The molecule has 5 nitrogen and oxygen atoms in total. The molecule has 0 bridgehead atoms. The van der Waals surface area contributed by atoms with Crippen LogP contribution in [0.5, 0.6) is 0 Å². The number of carbonyl (C=O) groups is 1. The van der Waals surface area contributed by atoms with Crippen LogP contribution in [0.25, 0.3) is 11.1 Å². The number of nitrogens with one attached hydrogen (secondary N) is 2. The minimum atomic E-state index is -0.518. The van der Waals surface area contributed by atoms with Crippen molar-refractivity contribution in [2.24, 2.45) is 5.92 Å². The minimum absolute atomic E-state index is 0.0160. The fourth-order valence-electron chi connectivity index (χ4n) is 3.95. The first kappa shape index (κ1) is 20.9. The van der Waals surface area contributed by atoms with Gasteiger partial charge in [-0.2, -0.15) is 5.26 Å². The molecule has 2 N–H and O–H groups in total. The average molecular weight is 392 g/mol. The normalized spacial score (nSPS) is 15.7. The van der Waals surface area contributed by atoms with Crippen molar-refractivity contribution in [1.29, 1.82) is 5.26 Å². The van der Waals surface area contributed by atoms with Crippen LogP contribution < -0.4 is 10.9 Å². The van der Waals surface area contributed by atoms with E-state index in [0.29, 0.717) is 6.42 Å². The number of nitrogens with zero attached hydrogens (tertiary/aromatic N) is 1. The number of H-pyrrole nitrogens is 1.